The lowest BCUT2D eigenvalue weighted by Crippen LogP contribution is -2.01. The molecule has 108 valence electrons. The highest BCUT2D eigenvalue weighted by atomic mass is 16.3. The quantitative estimate of drug-likeness (QED) is 0.650. The Morgan fingerprint density at radius 2 is 1.76 bits per heavy atom. The van der Waals surface area contributed by atoms with Crippen LogP contribution in [-0.2, 0) is 11.2 Å². The molecule has 0 amide bonds. The minimum absolute atomic E-state index is 0.0159. The van der Waals surface area contributed by atoms with Crippen LogP contribution in [0.25, 0.3) is 12.2 Å². The van der Waals surface area contributed by atoms with Gasteiger partial charge in [0.05, 0.1) is 5.56 Å². The summed E-state index contributed by atoms with van der Waals surface area (Å²) in [5.74, 6) is -0.135. The lowest BCUT2D eigenvalue weighted by Gasteiger charge is -2.10. The molecule has 0 radical (unpaired) electrons. The molecule has 2 aromatic rings. The number of hydrogen-bond acceptors (Lipinski definition) is 3. The largest absolute Gasteiger partial charge is 0.507 e. The van der Waals surface area contributed by atoms with E-state index < -0.39 is 0 Å². The van der Waals surface area contributed by atoms with Gasteiger partial charge < -0.3 is 15.0 Å². The second-order valence-corrected chi connectivity index (χ2v) is 5.07. The van der Waals surface area contributed by atoms with Crippen molar-refractivity contribution < 1.29 is 15.0 Å². The van der Waals surface area contributed by atoms with Gasteiger partial charge in [0, 0.05) is 5.92 Å². The zero-order valence-corrected chi connectivity index (χ0v) is 11.9. The number of aromatic hydroxyl groups is 2. The fourth-order valence-corrected chi connectivity index (χ4v) is 2.11. The fraction of sp³-hybridized carbons (Fsp3) is 0.167. The number of benzene rings is 2. The summed E-state index contributed by atoms with van der Waals surface area (Å²) in [6, 6.07) is 12.8. The molecule has 0 aliphatic rings. The number of phenols is 2. The SMILES string of the molecule is CC(C=O)Cc1ccc(O)c(C=Cc2ccccc2)c1O. The highest BCUT2D eigenvalue weighted by molar-refractivity contribution is 5.76. The Balaban J connectivity index is 2.32. The molecule has 0 aromatic heterocycles. The van der Waals surface area contributed by atoms with Crippen molar-refractivity contribution >= 4 is 18.4 Å². The van der Waals surface area contributed by atoms with Crippen LogP contribution in [0.4, 0.5) is 0 Å². The summed E-state index contributed by atoms with van der Waals surface area (Å²) in [5, 5.41) is 20.2. The molecule has 3 heteroatoms. The molecular formula is C18H18O3. The first-order valence-corrected chi connectivity index (χ1v) is 6.84. The van der Waals surface area contributed by atoms with Crippen molar-refractivity contribution in [3.8, 4) is 11.5 Å². The van der Waals surface area contributed by atoms with E-state index in [0.29, 0.717) is 17.5 Å². The molecule has 0 spiro atoms. The minimum Gasteiger partial charge on any atom is -0.507 e. The van der Waals surface area contributed by atoms with Crippen molar-refractivity contribution in [2.45, 2.75) is 13.3 Å². The second-order valence-electron chi connectivity index (χ2n) is 5.07. The summed E-state index contributed by atoms with van der Waals surface area (Å²) < 4.78 is 0. The van der Waals surface area contributed by atoms with E-state index in [2.05, 4.69) is 0 Å². The van der Waals surface area contributed by atoms with Crippen LogP contribution in [0.15, 0.2) is 42.5 Å². The predicted molar refractivity (Wildman–Crippen MR) is 84.1 cm³/mol. The van der Waals surface area contributed by atoms with E-state index in [-0.39, 0.29) is 17.4 Å². The van der Waals surface area contributed by atoms with Crippen LogP contribution in [-0.4, -0.2) is 16.5 Å². The zero-order chi connectivity index (χ0) is 15.2. The zero-order valence-electron chi connectivity index (χ0n) is 11.9. The predicted octanol–water partition coefficient (Wildman–Crippen LogP) is 3.65. The average Bonchev–Trinajstić information content (AvgIpc) is 2.51. The molecule has 0 fully saturated rings. The van der Waals surface area contributed by atoms with Gasteiger partial charge in [0.1, 0.15) is 17.8 Å². The van der Waals surface area contributed by atoms with Gasteiger partial charge in [0.15, 0.2) is 0 Å². The van der Waals surface area contributed by atoms with Gasteiger partial charge in [-0.25, -0.2) is 0 Å². The Bertz CT molecular complexity index is 645. The number of rotatable bonds is 5. The van der Waals surface area contributed by atoms with E-state index in [4.69, 9.17) is 0 Å². The number of carbonyl (C=O) groups excluding carboxylic acids is 1. The van der Waals surface area contributed by atoms with E-state index in [0.717, 1.165) is 11.8 Å². The van der Waals surface area contributed by atoms with E-state index in [9.17, 15) is 15.0 Å². The number of carbonyl (C=O) groups is 1. The van der Waals surface area contributed by atoms with Gasteiger partial charge in [-0.2, -0.15) is 0 Å². The smallest absolute Gasteiger partial charge is 0.129 e. The van der Waals surface area contributed by atoms with Gasteiger partial charge in [-0.1, -0.05) is 49.4 Å². The normalized spacial score (nSPS) is 12.4. The molecule has 0 heterocycles. The summed E-state index contributed by atoms with van der Waals surface area (Å²) in [6.45, 7) is 1.79. The van der Waals surface area contributed by atoms with Crippen molar-refractivity contribution in [1.29, 1.82) is 0 Å². The van der Waals surface area contributed by atoms with E-state index >= 15 is 0 Å². The molecule has 0 saturated heterocycles. The van der Waals surface area contributed by atoms with Gasteiger partial charge in [0.25, 0.3) is 0 Å². The lowest BCUT2D eigenvalue weighted by atomic mass is 9.98. The summed E-state index contributed by atoms with van der Waals surface area (Å²) in [4.78, 5) is 10.7. The first kappa shape index (κ1) is 14.9. The Morgan fingerprint density at radius 3 is 2.43 bits per heavy atom. The maximum Gasteiger partial charge on any atom is 0.129 e. The van der Waals surface area contributed by atoms with E-state index in [1.165, 1.54) is 6.07 Å². The third-order valence-corrected chi connectivity index (χ3v) is 3.29. The molecule has 21 heavy (non-hydrogen) atoms. The first-order chi connectivity index (χ1) is 10.1. The van der Waals surface area contributed by atoms with Gasteiger partial charge in [-0.15, -0.1) is 0 Å². The molecule has 3 nitrogen and oxygen atoms in total. The summed E-state index contributed by atoms with van der Waals surface area (Å²) in [5.41, 5.74) is 2.00. The van der Waals surface area contributed by atoms with Crippen LogP contribution in [0.2, 0.25) is 0 Å². The van der Waals surface area contributed by atoms with Gasteiger partial charge in [-0.3, -0.25) is 0 Å². The van der Waals surface area contributed by atoms with Crippen molar-refractivity contribution in [3.63, 3.8) is 0 Å². The Hall–Kier alpha value is -2.55. The van der Waals surface area contributed by atoms with Crippen LogP contribution in [0, 0.1) is 5.92 Å². The fourth-order valence-electron chi connectivity index (χ4n) is 2.11. The van der Waals surface area contributed by atoms with E-state index in [1.807, 2.05) is 36.4 Å². The van der Waals surface area contributed by atoms with Crippen LogP contribution in [0.3, 0.4) is 0 Å². The van der Waals surface area contributed by atoms with Crippen LogP contribution in [0.1, 0.15) is 23.6 Å². The number of phenolic OH excluding ortho intramolecular Hbond substituents is 2. The first-order valence-electron chi connectivity index (χ1n) is 6.84. The van der Waals surface area contributed by atoms with Gasteiger partial charge in [-0.05, 0) is 29.7 Å². The molecule has 2 aromatic carbocycles. The molecule has 2 N–H and O–H groups in total. The van der Waals surface area contributed by atoms with Crippen LogP contribution >= 0.6 is 0 Å². The Kier molecular flexibility index (Phi) is 4.77. The summed E-state index contributed by atoms with van der Waals surface area (Å²) in [6.07, 6.45) is 4.80. The molecule has 1 unspecified atom stereocenters. The molecule has 0 aliphatic carbocycles. The summed E-state index contributed by atoms with van der Waals surface area (Å²) >= 11 is 0. The molecule has 2 rings (SSSR count). The van der Waals surface area contributed by atoms with E-state index in [1.54, 1.807) is 19.1 Å². The van der Waals surface area contributed by atoms with Crippen molar-refractivity contribution in [2.75, 3.05) is 0 Å². The maximum absolute atomic E-state index is 10.7. The highest BCUT2D eigenvalue weighted by Gasteiger charge is 2.12. The van der Waals surface area contributed by atoms with Crippen molar-refractivity contribution in [3.05, 3.63) is 59.2 Å². The Labute approximate surface area is 124 Å². The van der Waals surface area contributed by atoms with Crippen molar-refractivity contribution in [2.24, 2.45) is 5.92 Å². The topological polar surface area (TPSA) is 57.5 Å². The maximum atomic E-state index is 10.7. The van der Waals surface area contributed by atoms with Crippen LogP contribution in [0.5, 0.6) is 11.5 Å². The molecular weight excluding hydrogens is 264 g/mol. The molecule has 0 aliphatic heterocycles. The standard InChI is InChI=1S/C18H18O3/c1-13(12-19)11-15-8-10-17(20)16(18(15)21)9-7-14-5-3-2-4-6-14/h2-10,12-13,20-21H,11H2,1H3. The average molecular weight is 282 g/mol. The summed E-state index contributed by atoms with van der Waals surface area (Å²) in [7, 11) is 0. The number of aldehydes is 1. The van der Waals surface area contributed by atoms with Crippen LogP contribution < -0.4 is 0 Å². The van der Waals surface area contributed by atoms with Crippen molar-refractivity contribution in [1.82, 2.24) is 0 Å². The third-order valence-electron chi connectivity index (χ3n) is 3.29. The molecule has 0 bridgehead atoms. The lowest BCUT2D eigenvalue weighted by molar-refractivity contribution is -0.110. The molecule has 0 saturated carbocycles. The third kappa shape index (κ3) is 3.72. The molecule has 1 atom stereocenters. The second kappa shape index (κ2) is 6.75. The van der Waals surface area contributed by atoms with Gasteiger partial charge >= 0.3 is 0 Å². The number of hydrogen-bond donors (Lipinski definition) is 2. The minimum atomic E-state index is -0.175. The Morgan fingerprint density at radius 1 is 1.05 bits per heavy atom. The monoisotopic (exact) mass is 282 g/mol. The highest BCUT2D eigenvalue weighted by Crippen LogP contribution is 2.33. The van der Waals surface area contributed by atoms with Gasteiger partial charge in [0.2, 0.25) is 0 Å².